The zero-order valence-corrected chi connectivity index (χ0v) is 14.8. The van der Waals surface area contributed by atoms with E-state index in [1.165, 1.54) is 5.56 Å². The Kier molecular flexibility index (Phi) is 6.24. The van der Waals surface area contributed by atoms with Gasteiger partial charge in [0, 0.05) is 13.1 Å². The van der Waals surface area contributed by atoms with Gasteiger partial charge in [-0.2, -0.15) is 0 Å². The molecule has 3 heteroatoms. The molecule has 1 aromatic carbocycles. The number of phenols is 1. The second-order valence-electron chi connectivity index (χ2n) is 7.50. The van der Waals surface area contributed by atoms with E-state index >= 15 is 0 Å². The summed E-state index contributed by atoms with van der Waals surface area (Å²) in [5, 5.41) is 10.6. The quantitative estimate of drug-likeness (QED) is 0.873. The molecule has 0 saturated heterocycles. The number of aromatic hydroxyl groups is 1. The Balaban J connectivity index is 3.13. The maximum Gasteiger partial charge on any atom is 0.122 e. The van der Waals surface area contributed by atoms with E-state index in [2.05, 4.69) is 70.9 Å². The molecule has 0 aromatic heterocycles. The molecule has 0 fully saturated rings. The van der Waals surface area contributed by atoms with Crippen LogP contribution in [0.4, 0.5) is 0 Å². The third-order valence-corrected chi connectivity index (χ3v) is 3.79. The zero-order valence-electron chi connectivity index (χ0n) is 14.8. The van der Waals surface area contributed by atoms with Crippen LogP contribution in [0.3, 0.4) is 0 Å². The van der Waals surface area contributed by atoms with Crippen LogP contribution in [-0.4, -0.2) is 56.2 Å². The van der Waals surface area contributed by atoms with Crippen molar-refractivity contribution in [1.82, 2.24) is 9.80 Å². The highest BCUT2D eigenvalue weighted by Gasteiger charge is 2.18. The molecule has 0 aliphatic heterocycles. The number of benzene rings is 1. The minimum Gasteiger partial charge on any atom is -0.507 e. The van der Waals surface area contributed by atoms with E-state index < -0.39 is 0 Å². The first-order valence-corrected chi connectivity index (χ1v) is 7.76. The van der Waals surface area contributed by atoms with Crippen molar-refractivity contribution in [3.8, 4) is 5.75 Å². The lowest BCUT2D eigenvalue weighted by atomic mass is 9.84. The van der Waals surface area contributed by atoms with Gasteiger partial charge in [0.2, 0.25) is 0 Å². The maximum atomic E-state index is 10.6. The molecule has 0 amide bonds. The first-order valence-electron chi connectivity index (χ1n) is 7.76. The number of likely N-dealkylation sites (N-methyl/N-ethyl adjacent to an activating group) is 2. The van der Waals surface area contributed by atoms with Crippen LogP contribution >= 0.6 is 0 Å². The lowest BCUT2D eigenvalue weighted by Crippen LogP contribution is -2.18. The molecule has 0 aliphatic carbocycles. The SMILES string of the molecule is CN(C)CCc1cc(C(C)(C)C)cc(CCN(C)C)c1O. The lowest BCUT2D eigenvalue weighted by Gasteiger charge is -2.23. The van der Waals surface area contributed by atoms with Crippen LogP contribution in [0.1, 0.15) is 37.5 Å². The summed E-state index contributed by atoms with van der Waals surface area (Å²) in [4.78, 5) is 4.31. The van der Waals surface area contributed by atoms with Crippen molar-refractivity contribution in [2.75, 3.05) is 41.3 Å². The predicted molar refractivity (Wildman–Crippen MR) is 91.3 cm³/mol. The molecule has 0 radical (unpaired) electrons. The van der Waals surface area contributed by atoms with Crippen molar-refractivity contribution in [1.29, 1.82) is 0 Å². The van der Waals surface area contributed by atoms with Crippen LogP contribution in [0, 0.1) is 0 Å². The zero-order chi connectivity index (χ0) is 16.2. The van der Waals surface area contributed by atoms with Crippen LogP contribution in [-0.2, 0) is 18.3 Å². The smallest absolute Gasteiger partial charge is 0.122 e. The summed E-state index contributed by atoms with van der Waals surface area (Å²) in [6, 6.07) is 4.36. The van der Waals surface area contributed by atoms with Gasteiger partial charge in [0.25, 0.3) is 0 Å². The monoisotopic (exact) mass is 292 g/mol. The molecular formula is C18H32N2O. The van der Waals surface area contributed by atoms with E-state index in [9.17, 15) is 5.11 Å². The molecule has 1 N–H and O–H groups in total. The van der Waals surface area contributed by atoms with E-state index in [1.54, 1.807) is 0 Å². The molecule has 0 unspecified atom stereocenters. The maximum absolute atomic E-state index is 10.6. The third kappa shape index (κ3) is 5.68. The van der Waals surface area contributed by atoms with Gasteiger partial charge in [0.05, 0.1) is 0 Å². The van der Waals surface area contributed by atoms with Crippen molar-refractivity contribution >= 4 is 0 Å². The highest BCUT2D eigenvalue weighted by atomic mass is 16.3. The summed E-state index contributed by atoms with van der Waals surface area (Å²) in [6.07, 6.45) is 1.77. The molecule has 1 aromatic rings. The number of nitrogens with zero attached hydrogens (tertiary/aromatic N) is 2. The Morgan fingerprint density at radius 1 is 0.857 bits per heavy atom. The van der Waals surface area contributed by atoms with E-state index in [-0.39, 0.29) is 5.41 Å². The van der Waals surface area contributed by atoms with Crippen LogP contribution in [0.15, 0.2) is 12.1 Å². The van der Waals surface area contributed by atoms with Gasteiger partial charge in [0.1, 0.15) is 5.75 Å². The summed E-state index contributed by atoms with van der Waals surface area (Å²) in [6.45, 7) is 8.59. The molecule has 0 saturated carbocycles. The Labute approximate surface area is 130 Å². The van der Waals surface area contributed by atoms with E-state index in [4.69, 9.17) is 0 Å². The normalized spacial score (nSPS) is 12.4. The highest BCUT2D eigenvalue weighted by molar-refractivity contribution is 5.46. The Morgan fingerprint density at radius 3 is 1.52 bits per heavy atom. The molecule has 1 rings (SSSR count). The van der Waals surface area contributed by atoms with Gasteiger partial charge >= 0.3 is 0 Å². The summed E-state index contributed by atoms with van der Waals surface area (Å²) >= 11 is 0. The molecule has 21 heavy (non-hydrogen) atoms. The van der Waals surface area contributed by atoms with Gasteiger partial charge in [-0.3, -0.25) is 0 Å². The molecule has 0 spiro atoms. The highest BCUT2D eigenvalue weighted by Crippen LogP contribution is 2.31. The summed E-state index contributed by atoms with van der Waals surface area (Å²) in [5.41, 5.74) is 3.56. The van der Waals surface area contributed by atoms with Crippen LogP contribution in [0.2, 0.25) is 0 Å². The second-order valence-corrected chi connectivity index (χ2v) is 7.50. The average molecular weight is 292 g/mol. The van der Waals surface area contributed by atoms with Crippen molar-refractivity contribution in [2.45, 2.75) is 39.0 Å². The van der Waals surface area contributed by atoms with Crippen molar-refractivity contribution in [3.05, 3.63) is 28.8 Å². The van der Waals surface area contributed by atoms with E-state index in [0.29, 0.717) is 5.75 Å². The van der Waals surface area contributed by atoms with Gasteiger partial charge in [-0.25, -0.2) is 0 Å². The fraction of sp³-hybridized carbons (Fsp3) is 0.667. The molecule has 0 heterocycles. The van der Waals surface area contributed by atoms with Crippen LogP contribution in [0.25, 0.3) is 0 Å². The fourth-order valence-electron chi connectivity index (χ4n) is 2.26. The Morgan fingerprint density at radius 2 is 1.24 bits per heavy atom. The minimum atomic E-state index is 0.105. The first kappa shape index (κ1) is 18.0. The Bertz CT molecular complexity index is 426. The molecule has 120 valence electrons. The number of phenolic OH excluding ortho intramolecular Hbond substituents is 1. The summed E-state index contributed by atoms with van der Waals surface area (Å²) < 4.78 is 0. The topological polar surface area (TPSA) is 26.7 Å². The second kappa shape index (κ2) is 7.28. The van der Waals surface area contributed by atoms with Gasteiger partial charge < -0.3 is 14.9 Å². The molecule has 0 aliphatic rings. The van der Waals surface area contributed by atoms with E-state index in [1.807, 2.05) is 0 Å². The number of rotatable bonds is 6. The molecule has 0 atom stereocenters. The van der Waals surface area contributed by atoms with Gasteiger partial charge in [-0.15, -0.1) is 0 Å². The lowest BCUT2D eigenvalue weighted by molar-refractivity contribution is 0.396. The first-order chi connectivity index (χ1) is 9.61. The fourth-order valence-corrected chi connectivity index (χ4v) is 2.26. The van der Waals surface area contributed by atoms with Gasteiger partial charge in [-0.05, 0) is 63.1 Å². The molecular weight excluding hydrogens is 260 g/mol. The van der Waals surface area contributed by atoms with Crippen LogP contribution < -0.4 is 0 Å². The Hall–Kier alpha value is -1.06. The average Bonchev–Trinajstić information content (AvgIpc) is 2.34. The van der Waals surface area contributed by atoms with Crippen molar-refractivity contribution in [2.24, 2.45) is 0 Å². The third-order valence-electron chi connectivity index (χ3n) is 3.79. The number of hydrogen-bond donors (Lipinski definition) is 1. The molecule has 3 nitrogen and oxygen atoms in total. The number of hydrogen-bond acceptors (Lipinski definition) is 3. The van der Waals surface area contributed by atoms with Gasteiger partial charge in [0.15, 0.2) is 0 Å². The largest absolute Gasteiger partial charge is 0.507 e. The van der Waals surface area contributed by atoms with Gasteiger partial charge in [-0.1, -0.05) is 32.9 Å². The van der Waals surface area contributed by atoms with Crippen LogP contribution in [0.5, 0.6) is 5.75 Å². The minimum absolute atomic E-state index is 0.105. The van der Waals surface area contributed by atoms with E-state index in [0.717, 1.165) is 37.1 Å². The predicted octanol–water partition coefficient (Wildman–Crippen LogP) is 2.90. The summed E-state index contributed by atoms with van der Waals surface area (Å²) in [7, 11) is 8.27. The summed E-state index contributed by atoms with van der Waals surface area (Å²) in [5.74, 6) is 0.492. The molecule has 0 bridgehead atoms. The van der Waals surface area contributed by atoms with Crippen molar-refractivity contribution < 1.29 is 5.11 Å². The van der Waals surface area contributed by atoms with Crippen molar-refractivity contribution in [3.63, 3.8) is 0 Å². The standard InChI is InChI=1S/C18H32N2O/c1-18(2,3)16-12-14(8-10-19(4)5)17(21)15(13-16)9-11-20(6)7/h12-13,21H,8-11H2,1-7H3.